The normalized spacial score (nSPS) is 12.4. The van der Waals surface area contributed by atoms with E-state index in [0.717, 1.165) is 30.0 Å². The number of thioether (sulfide) groups is 1. The summed E-state index contributed by atoms with van der Waals surface area (Å²) < 4.78 is 50.0. The Morgan fingerprint density at radius 1 is 1.31 bits per heavy atom. The highest BCUT2D eigenvalue weighted by molar-refractivity contribution is 8.00. The maximum atomic E-state index is 13.0. The number of rotatable bonds is 7. The number of hydrogen-bond donors (Lipinski definition) is 1. The minimum absolute atomic E-state index is 0.0345. The number of anilines is 1. The topological polar surface area (TPSA) is 91.3 Å². The number of ether oxygens (including phenoxy) is 1. The second-order valence-corrected chi connectivity index (χ2v) is 8.07. The number of aromatic nitrogens is 2. The van der Waals surface area contributed by atoms with Crippen LogP contribution in [-0.4, -0.2) is 23.5 Å². The third-order valence-corrected chi connectivity index (χ3v) is 6.08. The van der Waals surface area contributed by atoms with Gasteiger partial charge >= 0.3 is 6.18 Å². The van der Waals surface area contributed by atoms with E-state index in [1.165, 1.54) is 11.8 Å². The number of alkyl halides is 3. The minimum atomic E-state index is -4.59. The molecule has 7 nitrogen and oxygen atoms in total. The first-order chi connectivity index (χ1) is 15.1. The number of halogens is 4. The van der Waals surface area contributed by atoms with Gasteiger partial charge in [0.25, 0.3) is 5.03 Å². The van der Waals surface area contributed by atoms with Crippen molar-refractivity contribution in [2.24, 2.45) is 0 Å². The maximum Gasteiger partial charge on any atom is 0.416 e. The number of hydrogen-bond acceptors (Lipinski definition) is 6. The molecule has 0 aliphatic heterocycles. The molecule has 1 heterocycles. The molecular weight excluding hydrogens is 471 g/mol. The summed E-state index contributed by atoms with van der Waals surface area (Å²) in [5.41, 5.74) is -0.632. The van der Waals surface area contributed by atoms with Gasteiger partial charge in [0.05, 0.1) is 33.9 Å². The fourth-order valence-electron chi connectivity index (χ4n) is 2.69. The lowest BCUT2D eigenvalue weighted by atomic mass is 10.2. The number of carbonyl (C=O) groups is 1. The lowest BCUT2D eigenvalue weighted by Crippen LogP contribution is -2.36. The first kappa shape index (κ1) is 23.7. The van der Waals surface area contributed by atoms with Gasteiger partial charge in [0.2, 0.25) is 11.6 Å². The number of methoxy groups -OCH3 is 1. The largest absolute Gasteiger partial charge is 0.538 e. The van der Waals surface area contributed by atoms with Crippen molar-refractivity contribution in [3.63, 3.8) is 0 Å². The third kappa shape index (κ3) is 5.28. The first-order valence-corrected chi connectivity index (χ1v) is 10.5. The smallest absolute Gasteiger partial charge is 0.416 e. The Morgan fingerprint density at radius 3 is 2.59 bits per heavy atom. The van der Waals surface area contributed by atoms with Crippen LogP contribution in [0.25, 0.3) is 5.69 Å². The highest BCUT2D eigenvalue weighted by Crippen LogP contribution is 2.35. The van der Waals surface area contributed by atoms with Gasteiger partial charge in [-0.25, -0.2) is 0 Å². The summed E-state index contributed by atoms with van der Waals surface area (Å²) in [7, 11) is 1.51. The predicted molar refractivity (Wildman–Crippen MR) is 109 cm³/mol. The molecule has 0 saturated heterocycles. The summed E-state index contributed by atoms with van der Waals surface area (Å²) in [5.74, 6) is -0.784. The molecule has 0 bridgehead atoms. The zero-order chi connectivity index (χ0) is 23.5. The summed E-state index contributed by atoms with van der Waals surface area (Å²) in [5, 5.41) is 17.5. The summed E-state index contributed by atoms with van der Waals surface area (Å²) in [6.07, 6.45) is -4.33. The molecule has 3 aromatic rings. The van der Waals surface area contributed by atoms with Crippen LogP contribution in [-0.2, 0) is 11.0 Å². The van der Waals surface area contributed by atoms with Gasteiger partial charge in [-0.05, 0) is 53.2 Å². The van der Waals surface area contributed by atoms with Crippen LogP contribution in [0.2, 0.25) is 5.02 Å². The van der Waals surface area contributed by atoms with E-state index >= 15 is 0 Å². The van der Waals surface area contributed by atoms with E-state index in [1.54, 1.807) is 31.2 Å². The first-order valence-electron chi connectivity index (χ1n) is 9.21. The number of nitrogens with one attached hydrogen (secondary N) is 1. The average Bonchev–Trinajstić information content (AvgIpc) is 3.12. The van der Waals surface area contributed by atoms with Gasteiger partial charge in [-0.3, -0.25) is 4.79 Å². The molecule has 0 spiro atoms. The van der Waals surface area contributed by atoms with Crippen LogP contribution in [0, 0.1) is 0 Å². The lowest BCUT2D eigenvalue weighted by molar-refractivity contribution is -0.705. The van der Waals surface area contributed by atoms with E-state index in [4.69, 9.17) is 20.9 Å². The van der Waals surface area contributed by atoms with Gasteiger partial charge < -0.3 is 19.7 Å². The molecule has 1 N–H and O–H groups in total. The van der Waals surface area contributed by atoms with Crippen LogP contribution in [0.15, 0.2) is 52.0 Å². The van der Waals surface area contributed by atoms with E-state index in [1.807, 2.05) is 0 Å². The van der Waals surface area contributed by atoms with Crippen LogP contribution in [0.4, 0.5) is 18.9 Å². The van der Waals surface area contributed by atoms with Crippen molar-refractivity contribution in [3.8, 4) is 17.4 Å². The van der Waals surface area contributed by atoms with Gasteiger partial charge in [-0.15, -0.1) is 0 Å². The van der Waals surface area contributed by atoms with Gasteiger partial charge in [-0.2, -0.15) is 13.2 Å². The number of amides is 1. The standard InChI is InChI=1S/C20H17ClF3N3O4S/c1-3-16(17(28)25-15-10-11(20(22,23)24)4-9-14(15)21)32-18-19(29)31-26-27(18)12-5-7-13(30-2)8-6-12/h4-10,16H,3H2,1-2H3,(H-,25,26,28,29). The van der Waals surface area contributed by atoms with Crippen LogP contribution in [0.5, 0.6) is 11.7 Å². The zero-order valence-electron chi connectivity index (χ0n) is 16.8. The fourth-order valence-corrected chi connectivity index (χ4v) is 3.83. The Morgan fingerprint density at radius 2 is 2.00 bits per heavy atom. The Kier molecular flexibility index (Phi) is 7.19. The summed E-state index contributed by atoms with van der Waals surface area (Å²) in [6.45, 7) is 1.70. The summed E-state index contributed by atoms with van der Waals surface area (Å²) in [6, 6.07) is 9.26. The summed E-state index contributed by atoms with van der Waals surface area (Å²) >= 11 is 6.84. The van der Waals surface area contributed by atoms with Crippen molar-refractivity contribution in [1.29, 1.82) is 0 Å². The molecule has 1 atom stereocenters. The lowest BCUT2D eigenvalue weighted by Gasteiger charge is -2.15. The predicted octanol–water partition coefficient (Wildman–Crippen LogP) is 4.22. The van der Waals surface area contributed by atoms with Crippen LogP contribution in [0.3, 0.4) is 0 Å². The van der Waals surface area contributed by atoms with Crippen molar-refractivity contribution >= 4 is 35.0 Å². The van der Waals surface area contributed by atoms with Crippen molar-refractivity contribution in [2.45, 2.75) is 29.8 Å². The Labute approximate surface area is 190 Å². The van der Waals surface area contributed by atoms with E-state index in [2.05, 4.69) is 10.6 Å². The van der Waals surface area contributed by atoms with E-state index in [9.17, 15) is 23.1 Å². The van der Waals surface area contributed by atoms with Crippen molar-refractivity contribution in [2.75, 3.05) is 12.4 Å². The highest BCUT2D eigenvalue weighted by Gasteiger charge is 2.32. The molecule has 32 heavy (non-hydrogen) atoms. The molecule has 0 aliphatic carbocycles. The molecule has 1 unspecified atom stereocenters. The van der Waals surface area contributed by atoms with Gasteiger partial charge in [-0.1, -0.05) is 18.5 Å². The zero-order valence-corrected chi connectivity index (χ0v) is 18.3. The number of carbonyl (C=O) groups excluding carboxylic acids is 1. The van der Waals surface area contributed by atoms with Crippen LogP contribution in [0.1, 0.15) is 18.9 Å². The van der Waals surface area contributed by atoms with Crippen molar-refractivity contribution < 1.29 is 37.0 Å². The molecule has 12 heteroatoms. The highest BCUT2D eigenvalue weighted by atomic mass is 35.5. The summed E-state index contributed by atoms with van der Waals surface area (Å²) in [4.78, 5) is 12.8. The van der Waals surface area contributed by atoms with Gasteiger partial charge in [0.1, 0.15) is 5.75 Å². The van der Waals surface area contributed by atoms with Crippen LogP contribution >= 0.6 is 23.4 Å². The molecule has 0 aliphatic rings. The van der Waals surface area contributed by atoms with E-state index in [0.29, 0.717) is 11.4 Å². The average molecular weight is 488 g/mol. The molecule has 0 fully saturated rings. The monoisotopic (exact) mass is 487 g/mol. The van der Waals surface area contributed by atoms with Gasteiger partial charge in [0.15, 0.2) is 5.95 Å². The number of nitrogens with zero attached hydrogens (tertiary/aromatic N) is 2. The quantitative estimate of drug-likeness (QED) is 0.396. The Balaban J connectivity index is 1.83. The second-order valence-electron chi connectivity index (χ2n) is 6.47. The third-order valence-electron chi connectivity index (χ3n) is 4.36. The Bertz CT molecular complexity index is 1110. The van der Waals surface area contributed by atoms with Crippen molar-refractivity contribution in [1.82, 2.24) is 5.27 Å². The minimum Gasteiger partial charge on any atom is -0.538 e. The van der Waals surface area contributed by atoms with Crippen molar-refractivity contribution in [3.05, 3.63) is 53.1 Å². The van der Waals surface area contributed by atoms with Gasteiger partial charge in [0, 0.05) is 12.1 Å². The Hall–Kier alpha value is -2.92. The van der Waals surface area contributed by atoms with Crippen LogP contribution < -0.4 is 19.8 Å². The molecule has 170 valence electrons. The molecule has 0 saturated carbocycles. The molecule has 1 amide bonds. The fraction of sp³-hybridized carbons (Fsp3) is 0.250. The molecule has 2 aromatic carbocycles. The molecule has 3 rings (SSSR count). The van der Waals surface area contributed by atoms with E-state index in [-0.39, 0.29) is 22.2 Å². The SMILES string of the molecule is CCC(Sc1c([O-])on[n+]1-c1ccc(OC)cc1)C(=O)Nc1cc(C(F)(F)F)ccc1Cl. The molecular formula is C20H17ClF3N3O4S. The van der Waals surface area contributed by atoms with E-state index < -0.39 is 28.8 Å². The second kappa shape index (κ2) is 9.70. The number of benzene rings is 2. The molecule has 1 aromatic heterocycles. The maximum absolute atomic E-state index is 13.0. The molecule has 0 radical (unpaired) electrons.